The molecule has 1 N–H and O–H groups in total. The zero-order valence-corrected chi connectivity index (χ0v) is 12.5. The van der Waals surface area contributed by atoms with E-state index >= 15 is 0 Å². The molecule has 1 heterocycles. The van der Waals surface area contributed by atoms with Crippen molar-refractivity contribution >= 4 is 5.69 Å². The number of nitrogens with zero attached hydrogens (tertiary/aromatic N) is 1. The van der Waals surface area contributed by atoms with Crippen LogP contribution >= 0.6 is 0 Å². The van der Waals surface area contributed by atoms with E-state index in [2.05, 4.69) is 48.3 Å². The topological polar surface area (TPSA) is 15.3 Å². The van der Waals surface area contributed by atoms with Crippen LogP contribution in [0.4, 0.5) is 5.69 Å². The van der Waals surface area contributed by atoms with Crippen LogP contribution in [0.25, 0.3) is 0 Å². The molecule has 0 aromatic heterocycles. The van der Waals surface area contributed by atoms with E-state index in [0.717, 1.165) is 12.6 Å². The van der Waals surface area contributed by atoms with Crippen molar-refractivity contribution in [2.45, 2.75) is 52.0 Å². The number of rotatable bonds is 6. The van der Waals surface area contributed by atoms with E-state index in [0.29, 0.717) is 0 Å². The Labute approximate surface area is 118 Å². The molecule has 2 heteroatoms. The first-order valence-electron chi connectivity index (χ1n) is 7.91. The van der Waals surface area contributed by atoms with Gasteiger partial charge in [-0.25, -0.2) is 0 Å². The lowest BCUT2D eigenvalue weighted by Crippen LogP contribution is -2.43. The Morgan fingerprint density at radius 2 is 1.84 bits per heavy atom. The molecule has 0 spiro atoms. The van der Waals surface area contributed by atoms with Crippen LogP contribution in [0.2, 0.25) is 0 Å². The van der Waals surface area contributed by atoms with Crippen LogP contribution in [0.1, 0.15) is 45.1 Å². The Bertz CT molecular complexity index is 367. The van der Waals surface area contributed by atoms with Crippen molar-refractivity contribution in [2.75, 3.05) is 24.5 Å². The van der Waals surface area contributed by atoms with Crippen LogP contribution < -0.4 is 10.2 Å². The van der Waals surface area contributed by atoms with Crippen molar-refractivity contribution in [1.29, 1.82) is 0 Å². The molecule has 0 atom stereocenters. The van der Waals surface area contributed by atoms with E-state index in [9.17, 15) is 0 Å². The minimum Gasteiger partial charge on any atom is -0.371 e. The van der Waals surface area contributed by atoms with Gasteiger partial charge in [0.25, 0.3) is 0 Å². The first-order chi connectivity index (χ1) is 9.35. The van der Waals surface area contributed by atoms with Crippen LogP contribution in [-0.4, -0.2) is 25.7 Å². The molecule has 2 rings (SSSR count). The lowest BCUT2D eigenvalue weighted by atomic mass is 10.0. The third kappa shape index (κ3) is 3.97. The third-order valence-electron chi connectivity index (χ3n) is 4.03. The molecule has 1 saturated heterocycles. The Morgan fingerprint density at radius 3 is 2.53 bits per heavy atom. The summed E-state index contributed by atoms with van der Waals surface area (Å²) in [6.07, 6.45) is 6.22. The van der Waals surface area contributed by atoms with E-state index in [-0.39, 0.29) is 0 Å². The molecule has 1 aromatic carbocycles. The van der Waals surface area contributed by atoms with Crippen molar-refractivity contribution in [1.82, 2.24) is 5.32 Å². The van der Waals surface area contributed by atoms with Gasteiger partial charge in [0.05, 0.1) is 0 Å². The predicted molar refractivity (Wildman–Crippen MR) is 84.0 cm³/mol. The molecule has 1 aliphatic heterocycles. The number of hydrogen-bond acceptors (Lipinski definition) is 2. The lowest BCUT2D eigenvalue weighted by molar-refractivity contribution is 0.415. The fourth-order valence-electron chi connectivity index (χ4n) is 2.97. The molecule has 1 aliphatic rings. The van der Waals surface area contributed by atoms with Crippen LogP contribution in [0.5, 0.6) is 0 Å². The summed E-state index contributed by atoms with van der Waals surface area (Å²) in [6, 6.07) is 9.67. The van der Waals surface area contributed by atoms with Gasteiger partial charge in [0, 0.05) is 24.8 Å². The van der Waals surface area contributed by atoms with Gasteiger partial charge in [0.1, 0.15) is 0 Å². The number of hydrogen-bond donors (Lipinski definition) is 1. The number of aryl methyl sites for hydroxylation is 1. The van der Waals surface area contributed by atoms with Gasteiger partial charge >= 0.3 is 0 Å². The van der Waals surface area contributed by atoms with E-state index < -0.39 is 0 Å². The molecular formula is C17H28N2. The fourth-order valence-corrected chi connectivity index (χ4v) is 2.97. The van der Waals surface area contributed by atoms with Gasteiger partial charge in [-0.1, -0.05) is 38.5 Å². The minimum absolute atomic E-state index is 0.731. The maximum atomic E-state index is 3.66. The van der Waals surface area contributed by atoms with Crippen LogP contribution in [0.3, 0.4) is 0 Å². The zero-order chi connectivity index (χ0) is 13.5. The molecule has 1 aromatic rings. The Hall–Kier alpha value is -1.02. The predicted octanol–water partition coefficient (Wildman–Crippen LogP) is 3.61. The molecule has 19 heavy (non-hydrogen) atoms. The second-order valence-corrected chi connectivity index (χ2v) is 5.59. The standard InChI is InChI=1S/C17H28N2/c1-3-7-15-8-5-6-9-17(15)19-13-10-16(11-14-19)18-12-4-2/h5-6,8-9,16,18H,3-4,7,10-14H2,1-2H3. The average molecular weight is 260 g/mol. The molecule has 0 bridgehead atoms. The number of piperidine rings is 1. The highest BCUT2D eigenvalue weighted by molar-refractivity contribution is 5.54. The van der Waals surface area contributed by atoms with Gasteiger partial charge in [-0.2, -0.15) is 0 Å². The van der Waals surface area contributed by atoms with Gasteiger partial charge in [0.2, 0.25) is 0 Å². The van der Waals surface area contributed by atoms with Gasteiger partial charge in [-0.05, 0) is 43.9 Å². The van der Waals surface area contributed by atoms with Crippen molar-refractivity contribution in [3.8, 4) is 0 Å². The first kappa shape index (κ1) is 14.4. The van der Waals surface area contributed by atoms with E-state index in [1.54, 1.807) is 0 Å². The van der Waals surface area contributed by atoms with E-state index in [1.165, 1.54) is 56.4 Å². The maximum Gasteiger partial charge on any atom is 0.0398 e. The molecule has 0 saturated carbocycles. The largest absolute Gasteiger partial charge is 0.371 e. The van der Waals surface area contributed by atoms with Gasteiger partial charge < -0.3 is 10.2 Å². The number of nitrogens with one attached hydrogen (secondary N) is 1. The van der Waals surface area contributed by atoms with Crippen molar-refractivity contribution in [2.24, 2.45) is 0 Å². The SMILES string of the molecule is CCCNC1CCN(c2ccccc2CCC)CC1. The smallest absolute Gasteiger partial charge is 0.0398 e. The van der Waals surface area contributed by atoms with Crippen molar-refractivity contribution < 1.29 is 0 Å². The fraction of sp³-hybridized carbons (Fsp3) is 0.647. The molecule has 0 aliphatic carbocycles. The molecule has 1 fully saturated rings. The highest BCUT2D eigenvalue weighted by atomic mass is 15.1. The highest BCUT2D eigenvalue weighted by Gasteiger charge is 2.19. The van der Waals surface area contributed by atoms with E-state index in [4.69, 9.17) is 0 Å². The second-order valence-electron chi connectivity index (χ2n) is 5.59. The van der Waals surface area contributed by atoms with Gasteiger partial charge in [-0.15, -0.1) is 0 Å². The van der Waals surface area contributed by atoms with Crippen molar-refractivity contribution in [3.05, 3.63) is 29.8 Å². The number of anilines is 1. The molecule has 2 nitrogen and oxygen atoms in total. The average Bonchev–Trinajstić information content (AvgIpc) is 2.47. The zero-order valence-electron chi connectivity index (χ0n) is 12.5. The number of benzene rings is 1. The highest BCUT2D eigenvalue weighted by Crippen LogP contribution is 2.25. The quantitative estimate of drug-likeness (QED) is 0.840. The summed E-state index contributed by atoms with van der Waals surface area (Å²) < 4.78 is 0. The Balaban J connectivity index is 1.93. The summed E-state index contributed by atoms with van der Waals surface area (Å²) in [5.74, 6) is 0. The van der Waals surface area contributed by atoms with Gasteiger partial charge in [0.15, 0.2) is 0 Å². The molecule has 106 valence electrons. The molecular weight excluding hydrogens is 232 g/mol. The van der Waals surface area contributed by atoms with Crippen molar-refractivity contribution in [3.63, 3.8) is 0 Å². The molecule has 0 amide bonds. The monoisotopic (exact) mass is 260 g/mol. The normalized spacial score (nSPS) is 16.8. The maximum absolute atomic E-state index is 3.66. The van der Waals surface area contributed by atoms with Gasteiger partial charge in [-0.3, -0.25) is 0 Å². The first-order valence-corrected chi connectivity index (χ1v) is 7.91. The molecule has 0 radical (unpaired) electrons. The summed E-state index contributed by atoms with van der Waals surface area (Å²) in [4.78, 5) is 2.58. The Morgan fingerprint density at radius 1 is 1.11 bits per heavy atom. The summed E-state index contributed by atoms with van der Waals surface area (Å²) in [5, 5.41) is 3.66. The van der Waals surface area contributed by atoms with Crippen LogP contribution in [-0.2, 0) is 6.42 Å². The van der Waals surface area contributed by atoms with Crippen LogP contribution in [0, 0.1) is 0 Å². The second kappa shape index (κ2) is 7.54. The van der Waals surface area contributed by atoms with E-state index in [1.807, 2.05) is 0 Å². The summed E-state index contributed by atoms with van der Waals surface area (Å²) in [7, 11) is 0. The third-order valence-corrected chi connectivity index (χ3v) is 4.03. The molecule has 0 unspecified atom stereocenters. The lowest BCUT2D eigenvalue weighted by Gasteiger charge is -2.35. The summed E-state index contributed by atoms with van der Waals surface area (Å²) >= 11 is 0. The Kier molecular flexibility index (Phi) is 5.71. The van der Waals surface area contributed by atoms with Crippen LogP contribution in [0.15, 0.2) is 24.3 Å². The summed E-state index contributed by atoms with van der Waals surface area (Å²) in [6.45, 7) is 8.06. The number of para-hydroxylation sites is 1. The minimum atomic E-state index is 0.731. The summed E-state index contributed by atoms with van der Waals surface area (Å²) in [5.41, 5.74) is 2.99.